The maximum Gasteiger partial charge on any atom is 0.306 e. The van der Waals surface area contributed by atoms with Crippen LogP contribution in [0.15, 0.2) is 30.6 Å². The average molecular weight is 346 g/mol. The van der Waals surface area contributed by atoms with Crippen LogP contribution < -0.4 is 5.32 Å². The number of rotatable bonds is 5. The van der Waals surface area contributed by atoms with E-state index in [4.69, 9.17) is 0 Å². The van der Waals surface area contributed by atoms with Crippen LogP contribution in [0.4, 0.5) is 10.1 Å². The number of nitrogens with zero attached hydrogens (tertiary/aromatic N) is 3. The van der Waals surface area contributed by atoms with E-state index in [1.165, 1.54) is 16.9 Å². The van der Waals surface area contributed by atoms with Crippen molar-refractivity contribution in [1.82, 2.24) is 15.1 Å². The molecule has 1 N–H and O–H groups in total. The van der Waals surface area contributed by atoms with Gasteiger partial charge in [-0.15, -0.1) is 0 Å². The molecular weight excluding hydrogens is 327 g/mol. The third-order valence-corrected chi connectivity index (χ3v) is 4.62. The van der Waals surface area contributed by atoms with E-state index in [0.29, 0.717) is 12.0 Å². The zero-order valence-electron chi connectivity index (χ0n) is 13.8. The Morgan fingerprint density at radius 1 is 1.52 bits per heavy atom. The summed E-state index contributed by atoms with van der Waals surface area (Å²) in [6.07, 6.45) is 4.07. The highest BCUT2D eigenvalue weighted by Gasteiger charge is 2.29. The predicted octanol–water partition coefficient (Wildman–Crippen LogP) is 2.76. The molecule has 0 aliphatic heterocycles. The zero-order chi connectivity index (χ0) is 18.0. The normalized spacial score (nSPS) is 19.3. The molecule has 2 atom stereocenters. The number of aryl methyl sites for hydroxylation is 1. The molecule has 132 valence electrons. The number of aromatic nitrogens is 2. The van der Waals surface area contributed by atoms with Gasteiger partial charge in [0.2, 0.25) is 5.91 Å². The number of hydrogen-bond donors (Lipinski definition) is 1. The molecular formula is C17H19FN4O3. The van der Waals surface area contributed by atoms with E-state index in [9.17, 15) is 19.3 Å². The number of benzene rings is 1. The topological polar surface area (TPSA) is 90.1 Å². The number of nitrogens with one attached hydrogen (secondary N) is 1. The highest BCUT2D eigenvalue weighted by Crippen LogP contribution is 2.35. The third kappa shape index (κ3) is 3.67. The van der Waals surface area contributed by atoms with E-state index in [2.05, 4.69) is 10.4 Å². The lowest BCUT2D eigenvalue weighted by Gasteiger charge is -2.32. The van der Waals surface area contributed by atoms with E-state index in [1.807, 2.05) is 13.0 Å². The minimum Gasteiger partial charge on any atom is -0.349 e. The van der Waals surface area contributed by atoms with Crippen LogP contribution in [0.2, 0.25) is 0 Å². The van der Waals surface area contributed by atoms with Gasteiger partial charge in [0, 0.05) is 13.0 Å². The van der Waals surface area contributed by atoms with Crippen molar-refractivity contribution >= 4 is 11.6 Å². The molecule has 0 saturated heterocycles. The monoisotopic (exact) mass is 346 g/mol. The smallest absolute Gasteiger partial charge is 0.306 e. The highest BCUT2D eigenvalue weighted by atomic mass is 19.1. The lowest BCUT2D eigenvalue weighted by atomic mass is 9.80. The van der Waals surface area contributed by atoms with Gasteiger partial charge >= 0.3 is 5.69 Å². The second kappa shape index (κ2) is 7.00. The first kappa shape index (κ1) is 17.1. The molecule has 1 amide bonds. The van der Waals surface area contributed by atoms with Gasteiger partial charge in [0.1, 0.15) is 18.2 Å². The lowest BCUT2D eigenvalue weighted by molar-refractivity contribution is -0.385. The molecule has 2 aromatic rings. The molecule has 8 heteroatoms. The summed E-state index contributed by atoms with van der Waals surface area (Å²) in [6, 6.07) is 4.74. The zero-order valence-corrected chi connectivity index (χ0v) is 13.8. The lowest BCUT2D eigenvalue weighted by Crippen LogP contribution is -2.36. The number of nitro groups is 1. The Morgan fingerprint density at radius 2 is 2.32 bits per heavy atom. The van der Waals surface area contributed by atoms with Crippen LogP contribution in [0.3, 0.4) is 0 Å². The molecule has 0 radical (unpaired) electrons. The summed E-state index contributed by atoms with van der Waals surface area (Å²) in [4.78, 5) is 22.4. The van der Waals surface area contributed by atoms with Crippen molar-refractivity contribution in [1.29, 1.82) is 0 Å². The fourth-order valence-corrected chi connectivity index (χ4v) is 3.23. The molecule has 0 fully saturated rings. The third-order valence-electron chi connectivity index (χ3n) is 4.62. The summed E-state index contributed by atoms with van der Waals surface area (Å²) in [5.41, 5.74) is 1.40. The molecule has 0 bridgehead atoms. The van der Waals surface area contributed by atoms with E-state index in [-0.39, 0.29) is 42.3 Å². The molecule has 25 heavy (non-hydrogen) atoms. The Kier molecular flexibility index (Phi) is 4.78. The fraction of sp³-hybridized carbons (Fsp3) is 0.412. The molecule has 3 rings (SSSR count). The molecule has 1 aromatic heterocycles. The average Bonchev–Trinajstić information content (AvgIpc) is 3.05. The predicted molar refractivity (Wildman–Crippen MR) is 88.3 cm³/mol. The SMILES string of the molecule is C[C@@H]1CCc2c(F)cccc2[C@@H]1NC(=O)CCn1cc([N+](=O)[O-])cn1. The summed E-state index contributed by atoms with van der Waals surface area (Å²) >= 11 is 0. The molecule has 0 spiro atoms. The first-order chi connectivity index (χ1) is 12.0. The minimum atomic E-state index is -0.529. The Morgan fingerprint density at radius 3 is 3.04 bits per heavy atom. The van der Waals surface area contributed by atoms with Crippen molar-refractivity contribution in [3.05, 3.63) is 57.7 Å². The van der Waals surface area contributed by atoms with Gasteiger partial charge in [-0.25, -0.2) is 4.39 Å². The molecule has 0 unspecified atom stereocenters. The fourth-order valence-electron chi connectivity index (χ4n) is 3.23. The van der Waals surface area contributed by atoms with Gasteiger partial charge in [0.25, 0.3) is 0 Å². The van der Waals surface area contributed by atoms with Crippen LogP contribution in [0, 0.1) is 21.8 Å². The van der Waals surface area contributed by atoms with Crippen LogP contribution in [-0.4, -0.2) is 20.6 Å². The Bertz CT molecular complexity index is 805. The van der Waals surface area contributed by atoms with Gasteiger partial charge in [0.05, 0.1) is 11.0 Å². The first-order valence-corrected chi connectivity index (χ1v) is 8.19. The second-order valence-corrected chi connectivity index (χ2v) is 6.34. The Balaban J connectivity index is 1.64. The number of amides is 1. The number of hydrogen-bond acceptors (Lipinski definition) is 4. The van der Waals surface area contributed by atoms with E-state index < -0.39 is 4.92 Å². The van der Waals surface area contributed by atoms with Gasteiger partial charge in [0.15, 0.2) is 0 Å². The van der Waals surface area contributed by atoms with Crippen LogP contribution in [0.1, 0.15) is 36.9 Å². The summed E-state index contributed by atoms with van der Waals surface area (Å²) in [7, 11) is 0. The van der Waals surface area contributed by atoms with Gasteiger partial charge in [-0.2, -0.15) is 5.10 Å². The highest BCUT2D eigenvalue weighted by molar-refractivity contribution is 5.76. The standard InChI is InChI=1S/C17H19FN4O3/c1-11-5-6-13-14(3-2-4-15(13)18)17(11)20-16(23)7-8-21-10-12(9-19-21)22(24)25/h2-4,9-11,17H,5-8H2,1H3,(H,20,23)/t11-,17-/m1/s1. The van der Waals surface area contributed by atoms with E-state index in [0.717, 1.165) is 18.2 Å². The van der Waals surface area contributed by atoms with Gasteiger partial charge in [-0.05, 0) is 36.0 Å². The quantitative estimate of drug-likeness (QED) is 0.666. The van der Waals surface area contributed by atoms with E-state index in [1.54, 1.807) is 6.07 Å². The largest absolute Gasteiger partial charge is 0.349 e. The Labute approximate surface area is 144 Å². The minimum absolute atomic E-state index is 0.106. The second-order valence-electron chi connectivity index (χ2n) is 6.34. The van der Waals surface area contributed by atoms with Gasteiger partial charge in [-0.1, -0.05) is 19.1 Å². The first-order valence-electron chi connectivity index (χ1n) is 8.19. The molecule has 7 nitrogen and oxygen atoms in total. The molecule has 1 aromatic carbocycles. The van der Waals surface area contributed by atoms with Crippen molar-refractivity contribution in [3.63, 3.8) is 0 Å². The van der Waals surface area contributed by atoms with E-state index >= 15 is 0 Å². The van der Waals surface area contributed by atoms with Crippen LogP contribution >= 0.6 is 0 Å². The number of carbonyl (C=O) groups excluding carboxylic acids is 1. The van der Waals surface area contributed by atoms with Crippen molar-refractivity contribution < 1.29 is 14.1 Å². The summed E-state index contributed by atoms with van der Waals surface area (Å²) < 4.78 is 15.3. The molecule has 1 aliphatic carbocycles. The van der Waals surface area contributed by atoms with Crippen molar-refractivity contribution in [2.75, 3.05) is 0 Å². The van der Waals surface area contributed by atoms with Crippen molar-refractivity contribution in [2.45, 2.75) is 38.8 Å². The number of halogens is 1. The van der Waals surface area contributed by atoms with Crippen molar-refractivity contribution in [3.8, 4) is 0 Å². The van der Waals surface area contributed by atoms with Crippen LogP contribution in [0.5, 0.6) is 0 Å². The van der Waals surface area contributed by atoms with Crippen LogP contribution in [0.25, 0.3) is 0 Å². The van der Waals surface area contributed by atoms with Crippen molar-refractivity contribution in [2.24, 2.45) is 5.92 Å². The number of fused-ring (bicyclic) bond motifs is 1. The molecule has 1 aliphatic rings. The number of carbonyl (C=O) groups is 1. The van der Waals surface area contributed by atoms with Crippen LogP contribution in [-0.2, 0) is 17.8 Å². The summed E-state index contributed by atoms with van der Waals surface area (Å²) in [5.74, 6) is -0.205. The summed E-state index contributed by atoms with van der Waals surface area (Å²) in [6.45, 7) is 2.28. The van der Waals surface area contributed by atoms with Gasteiger partial charge < -0.3 is 5.32 Å². The molecule has 0 saturated carbocycles. The maximum atomic E-state index is 14.0. The summed E-state index contributed by atoms with van der Waals surface area (Å²) in [5, 5.41) is 17.5. The Hall–Kier alpha value is -2.77. The molecule has 1 heterocycles. The van der Waals surface area contributed by atoms with Gasteiger partial charge in [-0.3, -0.25) is 19.6 Å². The maximum absolute atomic E-state index is 14.0.